The second-order valence-corrected chi connectivity index (χ2v) is 9.07. The Hall–Kier alpha value is -1.99. The molecule has 2 aromatic heterocycles. The Kier molecular flexibility index (Phi) is 6.67. The maximum absolute atomic E-state index is 12.5. The molecular formula is C21H30N4O2S. The zero-order chi connectivity index (χ0) is 20.3. The predicted octanol–water partition coefficient (Wildman–Crippen LogP) is 3.59. The zero-order valence-electron chi connectivity index (χ0n) is 17.4. The third-order valence-corrected chi connectivity index (χ3v) is 5.81. The van der Waals surface area contributed by atoms with Gasteiger partial charge >= 0.3 is 0 Å². The molecule has 3 rings (SSSR count). The van der Waals surface area contributed by atoms with E-state index in [2.05, 4.69) is 47.9 Å². The molecule has 0 aliphatic carbocycles. The Bertz CT molecular complexity index is 793. The molecule has 1 aliphatic rings. The second-order valence-electron chi connectivity index (χ2n) is 7.99. The molecule has 2 aromatic rings. The number of anilines is 1. The molecule has 0 spiro atoms. The first-order valence-electron chi connectivity index (χ1n) is 9.91. The van der Waals surface area contributed by atoms with E-state index in [1.807, 2.05) is 25.3 Å². The molecule has 0 bridgehead atoms. The van der Waals surface area contributed by atoms with Gasteiger partial charge in [0.1, 0.15) is 10.7 Å². The Balaban J connectivity index is 1.57. The number of thiazole rings is 1. The van der Waals surface area contributed by atoms with E-state index in [1.165, 1.54) is 11.3 Å². The van der Waals surface area contributed by atoms with Crippen molar-refractivity contribution >= 4 is 23.1 Å². The SMILES string of the molecule is Cc1nc(CC(C)C)sc1C(=O)NCc1ccc(N2CC(C)OC(C)C2)nc1. The van der Waals surface area contributed by atoms with Crippen molar-refractivity contribution in [3.8, 4) is 0 Å². The van der Waals surface area contributed by atoms with E-state index in [4.69, 9.17) is 4.74 Å². The van der Waals surface area contributed by atoms with E-state index >= 15 is 0 Å². The van der Waals surface area contributed by atoms with Crippen molar-refractivity contribution in [2.24, 2.45) is 5.92 Å². The highest BCUT2D eigenvalue weighted by Crippen LogP contribution is 2.21. The van der Waals surface area contributed by atoms with Gasteiger partial charge in [-0.2, -0.15) is 0 Å². The zero-order valence-corrected chi connectivity index (χ0v) is 18.2. The molecule has 152 valence electrons. The van der Waals surface area contributed by atoms with Crippen molar-refractivity contribution in [3.05, 3.63) is 39.5 Å². The molecule has 7 heteroatoms. The van der Waals surface area contributed by atoms with Crippen LogP contribution in [0.5, 0.6) is 0 Å². The van der Waals surface area contributed by atoms with Gasteiger partial charge in [-0.25, -0.2) is 9.97 Å². The lowest BCUT2D eigenvalue weighted by Crippen LogP contribution is -2.45. The Labute approximate surface area is 171 Å². The summed E-state index contributed by atoms with van der Waals surface area (Å²) in [5, 5.41) is 4.02. The lowest BCUT2D eigenvalue weighted by Gasteiger charge is -2.36. The second kappa shape index (κ2) is 9.01. The third kappa shape index (κ3) is 5.29. The molecule has 0 radical (unpaired) electrons. The summed E-state index contributed by atoms with van der Waals surface area (Å²) >= 11 is 1.50. The van der Waals surface area contributed by atoms with Gasteiger partial charge in [0.15, 0.2) is 0 Å². The maximum Gasteiger partial charge on any atom is 0.263 e. The van der Waals surface area contributed by atoms with Gasteiger partial charge < -0.3 is 15.0 Å². The number of carbonyl (C=O) groups excluding carboxylic acids is 1. The highest BCUT2D eigenvalue weighted by atomic mass is 32.1. The van der Waals surface area contributed by atoms with E-state index in [1.54, 1.807) is 0 Å². The molecule has 2 atom stereocenters. The molecule has 2 unspecified atom stereocenters. The average molecular weight is 403 g/mol. The van der Waals surface area contributed by atoms with Crippen LogP contribution in [0.4, 0.5) is 5.82 Å². The third-order valence-electron chi connectivity index (χ3n) is 4.64. The van der Waals surface area contributed by atoms with Crippen LogP contribution in [0.1, 0.15) is 53.6 Å². The average Bonchev–Trinajstić information content (AvgIpc) is 2.99. The van der Waals surface area contributed by atoms with Crippen LogP contribution in [0, 0.1) is 12.8 Å². The topological polar surface area (TPSA) is 67.4 Å². The van der Waals surface area contributed by atoms with Gasteiger partial charge in [-0.05, 0) is 38.3 Å². The minimum atomic E-state index is -0.0649. The lowest BCUT2D eigenvalue weighted by molar-refractivity contribution is -0.00546. The van der Waals surface area contributed by atoms with Gasteiger partial charge in [0.05, 0.1) is 22.9 Å². The number of hydrogen-bond donors (Lipinski definition) is 1. The summed E-state index contributed by atoms with van der Waals surface area (Å²) in [6.07, 6.45) is 3.15. The van der Waals surface area contributed by atoms with Crippen molar-refractivity contribution in [1.82, 2.24) is 15.3 Å². The van der Waals surface area contributed by atoms with E-state index in [0.717, 1.165) is 41.6 Å². The van der Waals surface area contributed by atoms with Crippen LogP contribution in [0.2, 0.25) is 0 Å². The molecule has 3 heterocycles. The van der Waals surface area contributed by atoms with Gasteiger partial charge in [-0.3, -0.25) is 4.79 Å². The number of ether oxygens (including phenoxy) is 1. The minimum Gasteiger partial charge on any atom is -0.372 e. The molecule has 28 heavy (non-hydrogen) atoms. The molecule has 1 saturated heterocycles. The van der Waals surface area contributed by atoms with Gasteiger partial charge in [-0.15, -0.1) is 11.3 Å². The van der Waals surface area contributed by atoms with Gasteiger partial charge in [0.2, 0.25) is 0 Å². The van der Waals surface area contributed by atoms with Crippen molar-refractivity contribution in [2.45, 2.75) is 59.8 Å². The Morgan fingerprint density at radius 3 is 2.64 bits per heavy atom. The van der Waals surface area contributed by atoms with Crippen LogP contribution in [-0.2, 0) is 17.7 Å². The van der Waals surface area contributed by atoms with Gasteiger partial charge in [-0.1, -0.05) is 19.9 Å². The highest BCUT2D eigenvalue weighted by molar-refractivity contribution is 7.13. The van der Waals surface area contributed by atoms with Crippen LogP contribution < -0.4 is 10.2 Å². The number of amides is 1. The number of morpholine rings is 1. The predicted molar refractivity (Wildman–Crippen MR) is 113 cm³/mol. The van der Waals surface area contributed by atoms with E-state index in [9.17, 15) is 4.79 Å². The molecule has 0 aromatic carbocycles. The van der Waals surface area contributed by atoms with Crippen LogP contribution in [0.15, 0.2) is 18.3 Å². The Morgan fingerprint density at radius 2 is 2.04 bits per heavy atom. The number of aryl methyl sites for hydroxylation is 1. The summed E-state index contributed by atoms with van der Waals surface area (Å²) in [5.74, 6) is 1.42. The van der Waals surface area contributed by atoms with E-state index < -0.39 is 0 Å². The summed E-state index contributed by atoms with van der Waals surface area (Å²) in [4.78, 5) is 24.6. The molecular weight excluding hydrogens is 372 g/mol. The molecule has 1 amide bonds. The fraction of sp³-hybridized carbons (Fsp3) is 0.571. The van der Waals surface area contributed by atoms with Crippen LogP contribution in [-0.4, -0.2) is 41.2 Å². The number of carbonyl (C=O) groups is 1. The van der Waals surface area contributed by atoms with Crippen molar-refractivity contribution in [3.63, 3.8) is 0 Å². The number of aromatic nitrogens is 2. The summed E-state index contributed by atoms with van der Waals surface area (Å²) in [6, 6.07) is 4.04. The number of nitrogens with zero attached hydrogens (tertiary/aromatic N) is 3. The summed E-state index contributed by atoms with van der Waals surface area (Å²) in [7, 11) is 0. The fourth-order valence-electron chi connectivity index (χ4n) is 3.44. The summed E-state index contributed by atoms with van der Waals surface area (Å²) < 4.78 is 5.78. The number of pyridine rings is 1. The van der Waals surface area contributed by atoms with Gasteiger partial charge in [0.25, 0.3) is 5.91 Å². The number of rotatable bonds is 6. The normalized spacial score (nSPS) is 19.9. The van der Waals surface area contributed by atoms with Crippen LogP contribution in [0.25, 0.3) is 0 Å². The summed E-state index contributed by atoms with van der Waals surface area (Å²) in [5.41, 5.74) is 1.79. The van der Waals surface area contributed by atoms with E-state index in [-0.39, 0.29) is 18.1 Å². The van der Waals surface area contributed by atoms with Crippen molar-refractivity contribution < 1.29 is 9.53 Å². The quantitative estimate of drug-likeness (QED) is 0.800. The lowest BCUT2D eigenvalue weighted by atomic mass is 10.1. The number of hydrogen-bond acceptors (Lipinski definition) is 6. The monoisotopic (exact) mass is 402 g/mol. The Morgan fingerprint density at radius 1 is 1.32 bits per heavy atom. The minimum absolute atomic E-state index is 0.0649. The summed E-state index contributed by atoms with van der Waals surface area (Å²) in [6.45, 7) is 12.5. The first kappa shape index (κ1) is 20.7. The van der Waals surface area contributed by atoms with E-state index in [0.29, 0.717) is 17.3 Å². The number of nitrogens with one attached hydrogen (secondary N) is 1. The fourth-order valence-corrected chi connectivity index (χ4v) is 4.63. The largest absolute Gasteiger partial charge is 0.372 e. The smallest absolute Gasteiger partial charge is 0.263 e. The van der Waals surface area contributed by atoms with Crippen molar-refractivity contribution in [2.75, 3.05) is 18.0 Å². The van der Waals surface area contributed by atoms with Crippen LogP contribution >= 0.6 is 11.3 Å². The molecule has 1 fully saturated rings. The first-order valence-corrected chi connectivity index (χ1v) is 10.7. The molecule has 1 N–H and O–H groups in total. The molecule has 1 aliphatic heterocycles. The van der Waals surface area contributed by atoms with Gasteiger partial charge in [0, 0.05) is 32.3 Å². The molecule has 6 nitrogen and oxygen atoms in total. The molecule has 0 saturated carbocycles. The van der Waals surface area contributed by atoms with Crippen molar-refractivity contribution in [1.29, 1.82) is 0 Å². The van der Waals surface area contributed by atoms with Crippen LogP contribution in [0.3, 0.4) is 0 Å². The first-order chi connectivity index (χ1) is 13.3. The maximum atomic E-state index is 12.5. The highest BCUT2D eigenvalue weighted by Gasteiger charge is 2.23. The standard InChI is InChI=1S/C21H30N4O2S/c1-13(2)8-19-24-16(5)20(28-19)21(26)23-10-17-6-7-18(22-9-17)25-11-14(3)27-15(4)12-25/h6-7,9,13-15H,8,10-12H2,1-5H3,(H,23,26).